The Hall–Kier alpha value is -3.80. The number of nitrogen functional groups attached to an aromatic ring is 1. The molecule has 0 bridgehead atoms. The van der Waals surface area contributed by atoms with Gasteiger partial charge in [-0.25, -0.2) is 0 Å². The van der Waals surface area contributed by atoms with E-state index in [1.54, 1.807) is 0 Å². The van der Waals surface area contributed by atoms with E-state index in [0.717, 1.165) is 45.6 Å². The summed E-state index contributed by atoms with van der Waals surface area (Å²) in [7, 11) is 1.20. The molecule has 2 atom stereocenters. The molecule has 0 aromatic carbocycles. The monoisotopic (exact) mass is 714 g/mol. The Kier molecular flexibility index (Phi) is 10.9. The van der Waals surface area contributed by atoms with Crippen LogP contribution in [0.25, 0.3) is 0 Å². The summed E-state index contributed by atoms with van der Waals surface area (Å²) in [5.74, 6) is -4.37. The van der Waals surface area contributed by atoms with Crippen LogP contribution in [0.15, 0.2) is 33.5 Å². The van der Waals surface area contributed by atoms with Crippen molar-refractivity contribution < 1.29 is 63.8 Å². The average molecular weight is 715 g/mol. The van der Waals surface area contributed by atoms with E-state index in [9.17, 15) is 34.2 Å². The molecule has 3 amide bonds. The fourth-order valence-electron chi connectivity index (χ4n) is 4.24. The standard InChI is InChI=1S/C23H20N10O8S4.Na/c1-7-14(36)9(34)3-4-32(7)5-10(35)25-23-29-28-18(44-23)15(42)8-6-43-20-12(19(38)33(20)13(8)21(39)40)26-17(37)11(30-41-2)16-27-22(24)45-31-16;/h3-4,12,20,36H,5-6H2,1-2H3,(H,26,37)(H,39,40)(H2,24,27,31)(H,25,29,35);/q;+1/p-1/b30-11-;/t12-,20+;/m1./s1. The zero-order valence-electron chi connectivity index (χ0n) is 23.9. The Morgan fingerprint density at radius 1 is 1.30 bits per heavy atom. The van der Waals surface area contributed by atoms with Crippen LogP contribution in [0.5, 0.6) is 5.75 Å². The second kappa shape index (κ2) is 14.3. The summed E-state index contributed by atoms with van der Waals surface area (Å²) in [6.45, 7) is 1.22. The molecule has 1 saturated heterocycles. The molecule has 234 valence electrons. The van der Waals surface area contributed by atoms with Crippen LogP contribution >= 0.6 is 46.8 Å². The maximum Gasteiger partial charge on any atom is 1.00 e. The number of anilines is 2. The molecule has 5 rings (SSSR count). The van der Waals surface area contributed by atoms with Gasteiger partial charge in [0.05, 0.1) is 22.2 Å². The number of fused-ring (bicyclic) bond motifs is 1. The number of nitrogens with two attached hydrogens (primary N) is 1. The van der Waals surface area contributed by atoms with Gasteiger partial charge in [0.25, 0.3) is 11.8 Å². The van der Waals surface area contributed by atoms with Crippen LogP contribution in [0.3, 0.4) is 0 Å². The summed E-state index contributed by atoms with van der Waals surface area (Å²) in [6, 6.07) is -0.00341. The Morgan fingerprint density at radius 3 is 2.70 bits per heavy atom. The summed E-state index contributed by atoms with van der Waals surface area (Å²) < 4.78 is 5.28. The molecule has 0 unspecified atom stereocenters. The number of aromatic hydroxyl groups is 1. The van der Waals surface area contributed by atoms with Gasteiger partial charge in [0, 0.05) is 35.1 Å². The van der Waals surface area contributed by atoms with Gasteiger partial charge >= 0.3 is 29.6 Å². The van der Waals surface area contributed by atoms with Gasteiger partial charge < -0.3 is 35.5 Å². The number of aliphatic carboxylic acids is 1. The molecule has 3 aromatic heterocycles. The summed E-state index contributed by atoms with van der Waals surface area (Å²) in [5.41, 5.74) is 4.46. The molecule has 5 N–H and O–H groups in total. The minimum atomic E-state index is -1.67. The number of amides is 3. The second-order valence-electron chi connectivity index (χ2n) is 9.09. The van der Waals surface area contributed by atoms with Crippen molar-refractivity contribution in [2.75, 3.05) is 23.9 Å². The van der Waals surface area contributed by atoms with E-state index in [1.807, 2.05) is 0 Å². The van der Waals surface area contributed by atoms with E-state index in [4.69, 9.17) is 22.8 Å². The molecule has 18 nitrogen and oxygen atoms in total. The number of carboxylic acid groups (broad SMARTS) is 1. The largest absolute Gasteiger partial charge is 1.00 e. The number of thiocarbonyl (C=S) groups is 1. The number of aromatic nitrogens is 5. The molecule has 0 saturated carbocycles. The first-order chi connectivity index (χ1) is 21.4. The minimum Gasteiger partial charge on any atom is -0.543 e. The fraction of sp³-hybridized carbons (Fsp3) is 0.261. The zero-order valence-corrected chi connectivity index (χ0v) is 29.1. The van der Waals surface area contributed by atoms with Crippen LogP contribution in [0.4, 0.5) is 10.3 Å². The minimum absolute atomic E-state index is 0. The molecule has 23 heteroatoms. The van der Waals surface area contributed by atoms with Gasteiger partial charge in [0.15, 0.2) is 15.9 Å². The van der Waals surface area contributed by atoms with Gasteiger partial charge in [-0.1, -0.05) is 28.7 Å². The molecule has 46 heavy (non-hydrogen) atoms. The molecule has 2 aliphatic rings. The molecule has 2 aliphatic heterocycles. The van der Waals surface area contributed by atoms with Gasteiger partial charge in [-0.2, -0.15) is 9.36 Å². The number of oxime groups is 1. The number of carboxylic acids is 1. The quantitative estimate of drug-likeness (QED) is 0.0383. The Bertz CT molecular complexity index is 1890. The first-order valence-electron chi connectivity index (χ1n) is 12.4. The summed E-state index contributed by atoms with van der Waals surface area (Å²) >= 11 is 8.33. The number of thioether (sulfide) groups is 1. The predicted molar refractivity (Wildman–Crippen MR) is 162 cm³/mol. The summed E-state index contributed by atoms with van der Waals surface area (Å²) in [4.78, 5) is 71.9. The Balaban J connectivity index is 0.00000480. The van der Waals surface area contributed by atoms with Crippen LogP contribution in [-0.4, -0.2) is 92.7 Å². The number of hydrogen-bond acceptors (Lipinski definition) is 18. The van der Waals surface area contributed by atoms with E-state index in [0.29, 0.717) is 0 Å². The second-order valence-corrected chi connectivity index (χ2v) is 12.4. The van der Waals surface area contributed by atoms with Crippen molar-refractivity contribution in [1.29, 1.82) is 0 Å². The summed E-state index contributed by atoms with van der Waals surface area (Å²) in [6.07, 6.45) is 1.35. The van der Waals surface area contributed by atoms with Crippen LogP contribution in [0, 0.1) is 6.92 Å². The van der Waals surface area contributed by atoms with Gasteiger partial charge in [-0.3, -0.25) is 29.4 Å². The van der Waals surface area contributed by atoms with E-state index in [2.05, 4.69) is 35.3 Å². The smallest absolute Gasteiger partial charge is 0.543 e. The van der Waals surface area contributed by atoms with Crippen molar-refractivity contribution in [1.82, 2.24) is 34.3 Å². The van der Waals surface area contributed by atoms with Crippen LogP contribution < -0.4 is 56.5 Å². The molecule has 3 aromatic rings. The number of pyridine rings is 1. The van der Waals surface area contributed by atoms with E-state index in [-0.39, 0.29) is 84.8 Å². The van der Waals surface area contributed by atoms with Crippen molar-refractivity contribution in [2.45, 2.75) is 24.9 Å². The number of hydrogen-bond donors (Lipinski definition) is 4. The average Bonchev–Trinajstić information content (AvgIpc) is 3.66. The van der Waals surface area contributed by atoms with Crippen LogP contribution in [-0.2, 0) is 30.6 Å². The fourth-order valence-corrected chi connectivity index (χ4v) is 7.18. The molecule has 1 fully saturated rings. The SMILES string of the molecule is CO/N=C(\C(=O)N[C@@H]1C(=O)N2C(C(=O)[O-])=C(C(=S)c3nnc(NC(=O)Cn4ccc(=O)c(O)c4C)s3)CS[C@@H]12)c1nsc(N)n1.[Na+]. The maximum absolute atomic E-state index is 13.1. The van der Waals surface area contributed by atoms with Crippen molar-refractivity contribution in [2.24, 2.45) is 5.16 Å². The topological polar surface area (TPSA) is 260 Å². The number of carbonyl (C=O) groups excluding carboxylic acids is 4. The number of carbonyl (C=O) groups is 4. The van der Waals surface area contributed by atoms with E-state index >= 15 is 0 Å². The van der Waals surface area contributed by atoms with Crippen molar-refractivity contribution in [3.63, 3.8) is 0 Å². The molecular weight excluding hydrogens is 696 g/mol. The molecule has 0 spiro atoms. The first kappa shape index (κ1) is 35.1. The molecule has 0 radical (unpaired) electrons. The third-order valence-electron chi connectivity index (χ3n) is 6.37. The molecule has 0 aliphatic carbocycles. The number of nitrogens with one attached hydrogen (secondary N) is 2. The maximum atomic E-state index is 13.1. The van der Waals surface area contributed by atoms with Crippen molar-refractivity contribution in [3.8, 4) is 5.75 Å². The molecular formula is C23H19N10NaO8S4. The van der Waals surface area contributed by atoms with Crippen molar-refractivity contribution >= 4 is 91.4 Å². The predicted octanol–water partition coefficient (Wildman–Crippen LogP) is -5.04. The normalized spacial score (nSPS) is 17.4. The number of nitrogens with zero attached hydrogens (tertiary/aromatic N) is 7. The molecule has 5 heterocycles. The Morgan fingerprint density at radius 2 is 2.04 bits per heavy atom. The van der Waals surface area contributed by atoms with Gasteiger partial charge in [0.1, 0.15) is 25.1 Å². The van der Waals surface area contributed by atoms with E-state index in [1.165, 1.54) is 24.8 Å². The Labute approximate surface area is 297 Å². The van der Waals surface area contributed by atoms with Gasteiger partial charge in [-0.15, -0.1) is 22.0 Å². The van der Waals surface area contributed by atoms with Gasteiger partial charge in [0.2, 0.25) is 28.0 Å². The number of β-lactam (4-membered cyclic amide) rings is 1. The third kappa shape index (κ3) is 6.82. The zero-order chi connectivity index (χ0) is 32.6. The van der Waals surface area contributed by atoms with Crippen molar-refractivity contribution in [3.05, 3.63) is 50.3 Å². The van der Waals surface area contributed by atoms with E-state index < -0.39 is 52.0 Å². The first-order valence-corrected chi connectivity index (χ1v) is 15.4. The van der Waals surface area contributed by atoms with Crippen LogP contribution in [0.2, 0.25) is 0 Å². The van der Waals surface area contributed by atoms with Gasteiger partial charge in [-0.05, 0) is 6.92 Å². The summed E-state index contributed by atoms with van der Waals surface area (Å²) in [5, 5.41) is 38.0. The van der Waals surface area contributed by atoms with Crippen LogP contribution in [0.1, 0.15) is 16.5 Å². The third-order valence-corrected chi connectivity index (χ3v) is 9.61. The number of rotatable bonds is 10.